The van der Waals surface area contributed by atoms with Crippen LogP contribution in [0.1, 0.15) is 12.8 Å². The van der Waals surface area contributed by atoms with E-state index in [9.17, 15) is 24.5 Å². The van der Waals surface area contributed by atoms with Gasteiger partial charge in [0.2, 0.25) is 17.7 Å². The zero-order valence-electron chi connectivity index (χ0n) is 15.8. The third kappa shape index (κ3) is 3.33. The summed E-state index contributed by atoms with van der Waals surface area (Å²) in [4.78, 5) is 50.6. The number of nitrogens with zero attached hydrogens (tertiary/aromatic N) is 2. The number of imide groups is 1. The molecule has 1 aromatic rings. The minimum absolute atomic E-state index is 0.0809. The molecule has 0 radical (unpaired) electrons. The van der Waals surface area contributed by atoms with E-state index in [1.54, 1.807) is 0 Å². The van der Waals surface area contributed by atoms with E-state index >= 15 is 0 Å². The molecule has 2 fully saturated rings. The highest BCUT2D eigenvalue weighted by atomic mass is 32.2. The molecule has 3 amide bonds. The Kier molecular flexibility index (Phi) is 5.16. The van der Waals surface area contributed by atoms with E-state index in [0.29, 0.717) is 17.9 Å². The summed E-state index contributed by atoms with van der Waals surface area (Å²) in [5.74, 6) is -0.840. The smallest absolute Gasteiger partial charge is 0.269 e. The number of anilines is 1. The minimum atomic E-state index is -0.886. The number of thioether (sulfide) groups is 1. The number of nitrogens with one attached hydrogen (secondary N) is 1. The van der Waals surface area contributed by atoms with Gasteiger partial charge in [0.25, 0.3) is 5.69 Å². The summed E-state index contributed by atoms with van der Waals surface area (Å²) < 4.78 is 0. The van der Waals surface area contributed by atoms with Crippen molar-refractivity contribution in [2.45, 2.75) is 18.9 Å². The van der Waals surface area contributed by atoms with Gasteiger partial charge in [-0.1, -0.05) is 12.2 Å². The van der Waals surface area contributed by atoms with Gasteiger partial charge in [0.05, 0.1) is 16.8 Å². The second-order valence-corrected chi connectivity index (χ2v) is 8.62. The third-order valence-electron chi connectivity index (χ3n) is 6.06. The van der Waals surface area contributed by atoms with E-state index in [1.807, 2.05) is 18.4 Å². The molecule has 5 unspecified atom stereocenters. The summed E-state index contributed by atoms with van der Waals surface area (Å²) in [6.07, 6.45) is 7.14. The Balaban J connectivity index is 1.54. The van der Waals surface area contributed by atoms with E-state index in [1.165, 1.54) is 40.9 Å². The summed E-state index contributed by atoms with van der Waals surface area (Å²) in [6.45, 7) is 0. The first-order valence-corrected chi connectivity index (χ1v) is 10.9. The van der Waals surface area contributed by atoms with Crippen LogP contribution < -0.4 is 5.32 Å². The molecule has 1 heterocycles. The molecule has 1 saturated heterocycles. The van der Waals surface area contributed by atoms with Crippen LogP contribution >= 0.6 is 11.8 Å². The van der Waals surface area contributed by atoms with Crippen LogP contribution in [0.25, 0.3) is 0 Å². The molecule has 1 saturated carbocycles. The van der Waals surface area contributed by atoms with Crippen molar-refractivity contribution in [1.82, 2.24) is 4.90 Å². The number of amides is 3. The van der Waals surface area contributed by atoms with Crippen LogP contribution in [-0.4, -0.2) is 45.6 Å². The van der Waals surface area contributed by atoms with Gasteiger partial charge in [-0.05, 0) is 48.8 Å². The second kappa shape index (κ2) is 7.62. The Hall–Kier alpha value is -2.68. The van der Waals surface area contributed by atoms with Crippen LogP contribution in [-0.2, 0) is 14.4 Å². The summed E-state index contributed by atoms with van der Waals surface area (Å²) in [5, 5.41) is 13.5. The Labute approximate surface area is 171 Å². The molecule has 5 atom stereocenters. The maximum Gasteiger partial charge on any atom is 0.269 e. The van der Waals surface area contributed by atoms with Crippen LogP contribution in [0, 0.1) is 33.8 Å². The maximum atomic E-state index is 13.1. The summed E-state index contributed by atoms with van der Waals surface area (Å²) in [6, 6.07) is 4.59. The standard InChI is InChI=1S/C20H21N3O5S/c1-29-9-8-15(18(24)21-13-4-6-14(7-5-13)23(27)28)22-19(25)16-11-2-3-12(10-11)17(16)20(22)26/h2-7,11-12,15-17H,8-10H2,1H3,(H,21,24). The molecular formula is C20H21N3O5S. The van der Waals surface area contributed by atoms with E-state index in [-0.39, 0.29) is 41.2 Å². The van der Waals surface area contributed by atoms with E-state index < -0.39 is 16.9 Å². The lowest BCUT2D eigenvalue weighted by Crippen LogP contribution is -2.48. The molecule has 29 heavy (non-hydrogen) atoms. The fourth-order valence-electron chi connectivity index (χ4n) is 4.73. The number of likely N-dealkylation sites (tertiary alicyclic amines) is 1. The number of carbonyl (C=O) groups excluding carboxylic acids is 3. The number of benzene rings is 1. The number of nitro benzene ring substituents is 1. The largest absolute Gasteiger partial charge is 0.324 e. The molecule has 1 aliphatic heterocycles. The van der Waals surface area contributed by atoms with Crippen molar-refractivity contribution in [3.8, 4) is 0 Å². The molecule has 1 N–H and O–H groups in total. The second-order valence-electron chi connectivity index (χ2n) is 7.64. The van der Waals surface area contributed by atoms with Gasteiger partial charge in [-0.3, -0.25) is 29.4 Å². The number of hydrogen-bond acceptors (Lipinski definition) is 6. The van der Waals surface area contributed by atoms with E-state index in [0.717, 1.165) is 6.42 Å². The average molecular weight is 415 g/mol. The summed E-state index contributed by atoms with van der Waals surface area (Å²) in [7, 11) is 0. The van der Waals surface area contributed by atoms with Gasteiger partial charge in [-0.2, -0.15) is 11.8 Å². The third-order valence-corrected chi connectivity index (χ3v) is 6.70. The van der Waals surface area contributed by atoms with E-state index in [4.69, 9.17) is 0 Å². The molecular weight excluding hydrogens is 394 g/mol. The first kappa shape index (κ1) is 19.6. The number of allylic oxidation sites excluding steroid dienone is 2. The molecule has 2 bridgehead atoms. The lowest BCUT2D eigenvalue weighted by Gasteiger charge is -2.27. The van der Waals surface area contributed by atoms with Crippen molar-refractivity contribution >= 4 is 40.9 Å². The Morgan fingerprint density at radius 3 is 2.31 bits per heavy atom. The van der Waals surface area contributed by atoms with Crippen molar-refractivity contribution in [1.29, 1.82) is 0 Å². The number of carbonyl (C=O) groups is 3. The molecule has 3 aliphatic rings. The van der Waals surface area contributed by atoms with Gasteiger partial charge in [0.1, 0.15) is 6.04 Å². The monoisotopic (exact) mass is 415 g/mol. The van der Waals surface area contributed by atoms with Gasteiger partial charge in [-0.15, -0.1) is 0 Å². The average Bonchev–Trinajstić information content (AvgIpc) is 3.38. The Bertz CT molecular complexity index is 870. The van der Waals surface area contributed by atoms with Crippen molar-refractivity contribution < 1.29 is 19.3 Å². The summed E-state index contributed by atoms with van der Waals surface area (Å²) in [5.41, 5.74) is 0.304. The van der Waals surface area contributed by atoms with Crippen LogP contribution in [0.4, 0.5) is 11.4 Å². The lowest BCUT2D eigenvalue weighted by molar-refractivity contribution is -0.384. The molecule has 2 aliphatic carbocycles. The SMILES string of the molecule is CSCCC(C(=O)Nc1ccc([N+](=O)[O-])cc1)N1C(=O)C2C3C=CC(C3)C2C1=O. The van der Waals surface area contributed by atoms with E-state index in [2.05, 4.69) is 5.32 Å². The molecule has 9 heteroatoms. The van der Waals surface area contributed by atoms with Crippen LogP contribution in [0.5, 0.6) is 0 Å². The number of nitro groups is 1. The molecule has 1 aromatic carbocycles. The molecule has 0 aromatic heterocycles. The topological polar surface area (TPSA) is 110 Å². The normalized spacial score (nSPS) is 28.0. The Morgan fingerprint density at radius 1 is 1.21 bits per heavy atom. The predicted molar refractivity (Wildman–Crippen MR) is 108 cm³/mol. The Morgan fingerprint density at radius 2 is 1.79 bits per heavy atom. The van der Waals surface area contributed by atoms with Gasteiger partial charge >= 0.3 is 0 Å². The van der Waals surface area contributed by atoms with Gasteiger partial charge in [0.15, 0.2) is 0 Å². The van der Waals surface area contributed by atoms with Crippen LogP contribution in [0.2, 0.25) is 0 Å². The fraction of sp³-hybridized carbons (Fsp3) is 0.450. The van der Waals surface area contributed by atoms with Gasteiger partial charge in [-0.25, -0.2) is 0 Å². The van der Waals surface area contributed by atoms with Crippen molar-refractivity contribution in [2.24, 2.45) is 23.7 Å². The number of fused-ring (bicyclic) bond motifs is 5. The predicted octanol–water partition coefficient (Wildman–Crippen LogP) is 2.46. The number of hydrogen-bond donors (Lipinski definition) is 1. The molecule has 4 rings (SSSR count). The van der Waals surface area contributed by atoms with Gasteiger partial charge in [0, 0.05) is 17.8 Å². The zero-order chi connectivity index (χ0) is 20.7. The van der Waals surface area contributed by atoms with Crippen LogP contribution in [0.15, 0.2) is 36.4 Å². The lowest BCUT2D eigenvalue weighted by atomic mass is 9.85. The van der Waals surface area contributed by atoms with Crippen molar-refractivity contribution in [3.63, 3.8) is 0 Å². The highest BCUT2D eigenvalue weighted by Gasteiger charge is 2.61. The molecule has 8 nitrogen and oxygen atoms in total. The quantitative estimate of drug-likeness (QED) is 0.317. The molecule has 152 valence electrons. The minimum Gasteiger partial charge on any atom is -0.324 e. The van der Waals surface area contributed by atoms with Crippen LogP contribution in [0.3, 0.4) is 0 Å². The first-order valence-electron chi connectivity index (χ1n) is 9.52. The highest BCUT2D eigenvalue weighted by molar-refractivity contribution is 7.98. The van der Waals surface area contributed by atoms with Crippen molar-refractivity contribution in [3.05, 3.63) is 46.5 Å². The number of non-ortho nitro benzene ring substituents is 1. The molecule has 0 spiro atoms. The fourth-order valence-corrected chi connectivity index (χ4v) is 5.19. The van der Waals surface area contributed by atoms with Gasteiger partial charge < -0.3 is 5.32 Å². The van der Waals surface area contributed by atoms with Crippen molar-refractivity contribution in [2.75, 3.05) is 17.3 Å². The first-order chi connectivity index (χ1) is 13.9. The maximum absolute atomic E-state index is 13.1. The highest BCUT2D eigenvalue weighted by Crippen LogP contribution is 2.53. The zero-order valence-corrected chi connectivity index (χ0v) is 16.6. The summed E-state index contributed by atoms with van der Waals surface area (Å²) >= 11 is 1.54. The number of rotatable bonds is 7.